The number of aromatic nitrogens is 1. The van der Waals surface area contributed by atoms with E-state index in [9.17, 15) is 4.79 Å². The van der Waals surface area contributed by atoms with E-state index in [1.165, 1.54) is 5.56 Å². The van der Waals surface area contributed by atoms with Crippen molar-refractivity contribution in [3.63, 3.8) is 0 Å². The number of halogens is 1. The molecule has 2 aromatic rings. The Morgan fingerprint density at radius 2 is 1.91 bits per heavy atom. The summed E-state index contributed by atoms with van der Waals surface area (Å²) in [5.74, 6) is 1.47. The minimum atomic E-state index is 0. The molecule has 1 aliphatic rings. The Hall–Kier alpha value is -2.18. The highest BCUT2D eigenvalue weighted by Gasteiger charge is 2.21. The highest BCUT2D eigenvalue weighted by molar-refractivity contribution is 14.0. The number of carbonyl (C=O) groups excluding carboxylic acids is 1. The predicted molar refractivity (Wildman–Crippen MR) is 135 cm³/mol. The van der Waals surface area contributed by atoms with Gasteiger partial charge in [-0.05, 0) is 19.1 Å². The Morgan fingerprint density at radius 3 is 2.56 bits per heavy atom. The molecule has 1 aromatic carbocycles. The Labute approximate surface area is 206 Å². The van der Waals surface area contributed by atoms with Crippen LogP contribution < -0.4 is 10.6 Å². The van der Waals surface area contributed by atoms with E-state index in [1.54, 1.807) is 20.4 Å². The molecule has 9 nitrogen and oxygen atoms in total. The van der Waals surface area contributed by atoms with Crippen LogP contribution in [0.1, 0.15) is 11.3 Å². The second kappa shape index (κ2) is 13.4. The summed E-state index contributed by atoms with van der Waals surface area (Å²) in [6, 6.07) is 8.10. The Kier molecular flexibility index (Phi) is 10.9. The summed E-state index contributed by atoms with van der Waals surface area (Å²) >= 11 is 0. The van der Waals surface area contributed by atoms with Crippen molar-refractivity contribution >= 4 is 35.8 Å². The zero-order chi connectivity index (χ0) is 22.1. The van der Waals surface area contributed by atoms with Crippen LogP contribution in [0.3, 0.4) is 0 Å². The van der Waals surface area contributed by atoms with Crippen molar-refractivity contribution in [3.05, 3.63) is 41.8 Å². The molecule has 0 saturated carbocycles. The summed E-state index contributed by atoms with van der Waals surface area (Å²) < 4.78 is 10.6. The van der Waals surface area contributed by atoms with Gasteiger partial charge in [-0.1, -0.05) is 17.7 Å². The Bertz CT molecular complexity index is 863. The largest absolute Gasteiger partial charge is 0.444 e. The first-order valence-corrected chi connectivity index (χ1v) is 10.5. The van der Waals surface area contributed by atoms with E-state index in [0.717, 1.165) is 43.4 Å². The minimum Gasteiger partial charge on any atom is -0.444 e. The number of oxazole rings is 1. The number of rotatable bonds is 8. The summed E-state index contributed by atoms with van der Waals surface area (Å²) in [6.07, 6.45) is 1.68. The van der Waals surface area contributed by atoms with Gasteiger partial charge in [-0.3, -0.25) is 14.7 Å². The van der Waals surface area contributed by atoms with Crippen molar-refractivity contribution in [1.29, 1.82) is 0 Å². The lowest BCUT2D eigenvalue weighted by atomic mass is 10.1. The zero-order valence-electron chi connectivity index (χ0n) is 19.0. The van der Waals surface area contributed by atoms with Crippen LogP contribution >= 0.6 is 24.0 Å². The molecule has 1 fully saturated rings. The number of aryl methyl sites for hydroxylation is 1. The van der Waals surface area contributed by atoms with Gasteiger partial charge in [-0.2, -0.15) is 0 Å². The van der Waals surface area contributed by atoms with E-state index >= 15 is 0 Å². The van der Waals surface area contributed by atoms with E-state index in [4.69, 9.17) is 9.15 Å². The van der Waals surface area contributed by atoms with Crippen molar-refractivity contribution in [3.8, 4) is 11.5 Å². The van der Waals surface area contributed by atoms with Crippen LogP contribution in [0.4, 0.5) is 0 Å². The van der Waals surface area contributed by atoms with E-state index in [2.05, 4.69) is 37.3 Å². The van der Waals surface area contributed by atoms with Crippen molar-refractivity contribution in [2.24, 2.45) is 4.99 Å². The zero-order valence-corrected chi connectivity index (χ0v) is 21.3. The van der Waals surface area contributed by atoms with Crippen LogP contribution in [-0.2, 0) is 16.1 Å². The number of amides is 1. The SMILES string of the molecule is CN=C(NCc1coc(-c2ccc(C)cc2)n1)N1CCN(CC(=O)NCCOC)CC1.I. The lowest BCUT2D eigenvalue weighted by Crippen LogP contribution is -2.54. The molecule has 2 heterocycles. The molecule has 10 heteroatoms. The van der Waals surface area contributed by atoms with Gasteiger partial charge in [0.1, 0.15) is 6.26 Å². The molecule has 1 aliphatic heterocycles. The van der Waals surface area contributed by atoms with E-state index < -0.39 is 0 Å². The van der Waals surface area contributed by atoms with Gasteiger partial charge in [0.05, 0.1) is 25.4 Å². The molecule has 32 heavy (non-hydrogen) atoms. The number of nitrogens with zero attached hydrogens (tertiary/aromatic N) is 4. The quantitative estimate of drug-likeness (QED) is 0.221. The highest BCUT2D eigenvalue weighted by Crippen LogP contribution is 2.19. The molecule has 176 valence electrons. The number of nitrogens with one attached hydrogen (secondary N) is 2. The predicted octanol–water partition coefficient (Wildman–Crippen LogP) is 1.72. The van der Waals surface area contributed by atoms with Crippen molar-refractivity contribution in [1.82, 2.24) is 25.4 Å². The monoisotopic (exact) mass is 556 g/mol. The minimum absolute atomic E-state index is 0. The number of benzene rings is 1. The lowest BCUT2D eigenvalue weighted by Gasteiger charge is -2.36. The Balaban J connectivity index is 0.00000363. The average molecular weight is 556 g/mol. The van der Waals surface area contributed by atoms with Gasteiger partial charge < -0.3 is 24.7 Å². The average Bonchev–Trinajstić information content (AvgIpc) is 3.25. The van der Waals surface area contributed by atoms with E-state index in [1.807, 2.05) is 24.3 Å². The topological polar surface area (TPSA) is 95.2 Å². The van der Waals surface area contributed by atoms with Gasteiger partial charge in [0.25, 0.3) is 0 Å². The molecule has 1 amide bonds. The summed E-state index contributed by atoms with van der Waals surface area (Å²) in [5, 5.41) is 6.22. The molecule has 0 atom stereocenters. The first-order chi connectivity index (χ1) is 15.1. The van der Waals surface area contributed by atoms with E-state index in [-0.39, 0.29) is 29.9 Å². The third-order valence-electron chi connectivity index (χ3n) is 5.16. The van der Waals surface area contributed by atoms with Crippen LogP contribution in [0.5, 0.6) is 0 Å². The maximum atomic E-state index is 12.0. The maximum Gasteiger partial charge on any atom is 0.234 e. The van der Waals surface area contributed by atoms with Crippen LogP contribution in [0.2, 0.25) is 0 Å². The number of ether oxygens (including phenoxy) is 1. The summed E-state index contributed by atoms with van der Waals surface area (Å²) in [4.78, 5) is 25.3. The fourth-order valence-corrected chi connectivity index (χ4v) is 3.39. The second-order valence-corrected chi connectivity index (χ2v) is 7.52. The van der Waals surface area contributed by atoms with Gasteiger partial charge in [0.15, 0.2) is 5.96 Å². The molecule has 0 unspecified atom stereocenters. The smallest absolute Gasteiger partial charge is 0.234 e. The fraction of sp³-hybridized carbons (Fsp3) is 0.500. The number of guanidine groups is 1. The normalized spacial score (nSPS) is 14.7. The summed E-state index contributed by atoms with van der Waals surface area (Å²) in [7, 11) is 3.40. The fourth-order valence-electron chi connectivity index (χ4n) is 3.39. The first kappa shape index (κ1) is 26.1. The number of carbonyl (C=O) groups is 1. The third kappa shape index (κ3) is 7.75. The molecular weight excluding hydrogens is 523 g/mol. The summed E-state index contributed by atoms with van der Waals surface area (Å²) in [5.41, 5.74) is 2.99. The van der Waals surface area contributed by atoms with Crippen molar-refractivity contribution in [2.45, 2.75) is 13.5 Å². The van der Waals surface area contributed by atoms with Crippen LogP contribution in [0.15, 0.2) is 39.9 Å². The molecule has 1 saturated heterocycles. The molecule has 0 aliphatic carbocycles. The lowest BCUT2D eigenvalue weighted by molar-refractivity contribution is -0.122. The third-order valence-corrected chi connectivity index (χ3v) is 5.16. The molecule has 0 radical (unpaired) electrons. The van der Waals surface area contributed by atoms with Crippen LogP contribution in [0.25, 0.3) is 11.5 Å². The van der Waals surface area contributed by atoms with Gasteiger partial charge in [0, 0.05) is 52.4 Å². The maximum absolute atomic E-state index is 12.0. The molecule has 1 aromatic heterocycles. The van der Waals surface area contributed by atoms with Gasteiger partial charge in [-0.25, -0.2) is 4.98 Å². The molecule has 0 spiro atoms. The number of piperazine rings is 1. The van der Waals surface area contributed by atoms with Crippen LogP contribution in [-0.4, -0.2) is 86.7 Å². The molecule has 2 N–H and O–H groups in total. The molecule has 0 bridgehead atoms. The van der Waals surface area contributed by atoms with Crippen molar-refractivity contribution < 1.29 is 13.9 Å². The van der Waals surface area contributed by atoms with Gasteiger partial charge in [0.2, 0.25) is 11.8 Å². The Morgan fingerprint density at radius 1 is 1.19 bits per heavy atom. The van der Waals surface area contributed by atoms with Gasteiger partial charge in [-0.15, -0.1) is 24.0 Å². The number of aliphatic imine (C=N–C) groups is 1. The first-order valence-electron chi connectivity index (χ1n) is 10.5. The molecular formula is C22H33IN6O3. The summed E-state index contributed by atoms with van der Waals surface area (Å²) in [6.45, 7) is 7.28. The van der Waals surface area contributed by atoms with Crippen LogP contribution in [0, 0.1) is 6.92 Å². The number of methoxy groups -OCH3 is 1. The standard InChI is InChI=1S/C22H32N6O3.HI/c1-17-4-6-18(7-5-17)21-26-19(16-31-21)14-25-22(23-2)28-11-9-27(10-12-28)15-20(29)24-8-13-30-3;/h4-7,16H,8-15H2,1-3H3,(H,23,25)(H,24,29);1H. The second-order valence-electron chi connectivity index (χ2n) is 7.52. The highest BCUT2D eigenvalue weighted by atomic mass is 127. The van der Waals surface area contributed by atoms with Crippen molar-refractivity contribution in [2.75, 3.05) is 60.0 Å². The van der Waals surface area contributed by atoms with E-state index in [0.29, 0.717) is 32.1 Å². The number of hydrogen-bond donors (Lipinski definition) is 2. The number of hydrogen-bond acceptors (Lipinski definition) is 6. The van der Waals surface area contributed by atoms with Gasteiger partial charge >= 0.3 is 0 Å². The molecule has 3 rings (SSSR count).